The molecular formula is C15H22ClN3O3. The van der Waals surface area contributed by atoms with Crippen LogP contribution in [0.3, 0.4) is 0 Å². The minimum absolute atomic E-state index is 0.291. The van der Waals surface area contributed by atoms with Crippen molar-refractivity contribution in [1.29, 1.82) is 0 Å². The van der Waals surface area contributed by atoms with Crippen molar-refractivity contribution in [3.63, 3.8) is 0 Å². The molecule has 122 valence electrons. The first-order valence-corrected chi connectivity index (χ1v) is 7.37. The molecule has 6 nitrogen and oxygen atoms in total. The van der Waals surface area contributed by atoms with Gasteiger partial charge in [0.15, 0.2) is 0 Å². The zero-order valence-electron chi connectivity index (χ0n) is 13.0. The van der Waals surface area contributed by atoms with Crippen LogP contribution in [0.2, 0.25) is 5.02 Å². The molecule has 0 unspecified atom stereocenters. The molecule has 0 atom stereocenters. The monoisotopic (exact) mass is 327 g/mol. The molecule has 0 bridgehead atoms. The molecule has 0 spiro atoms. The highest BCUT2D eigenvalue weighted by molar-refractivity contribution is 6.30. The minimum Gasteiger partial charge on any atom is -0.444 e. The summed E-state index contributed by atoms with van der Waals surface area (Å²) in [6.07, 6.45) is -0.506. The van der Waals surface area contributed by atoms with Gasteiger partial charge in [0.1, 0.15) is 5.60 Å². The van der Waals surface area contributed by atoms with Crippen LogP contribution in [0.25, 0.3) is 0 Å². The van der Waals surface area contributed by atoms with Crippen molar-refractivity contribution >= 4 is 23.7 Å². The maximum absolute atomic E-state index is 11.6. The fourth-order valence-corrected chi connectivity index (χ4v) is 1.76. The van der Waals surface area contributed by atoms with Crippen molar-refractivity contribution in [2.75, 3.05) is 13.1 Å². The van der Waals surface area contributed by atoms with Gasteiger partial charge < -0.3 is 20.7 Å². The second-order valence-electron chi connectivity index (χ2n) is 5.67. The molecule has 22 heavy (non-hydrogen) atoms. The highest BCUT2D eigenvalue weighted by Gasteiger charge is 2.15. The van der Waals surface area contributed by atoms with Crippen LogP contribution >= 0.6 is 11.6 Å². The molecule has 0 aliphatic heterocycles. The van der Waals surface area contributed by atoms with E-state index < -0.39 is 11.7 Å². The average molecular weight is 328 g/mol. The van der Waals surface area contributed by atoms with Crippen molar-refractivity contribution in [3.8, 4) is 0 Å². The predicted molar refractivity (Wildman–Crippen MR) is 85.9 cm³/mol. The average Bonchev–Trinajstić information content (AvgIpc) is 2.39. The Bertz CT molecular complexity index is 515. The van der Waals surface area contributed by atoms with Crippen molar-refractivity contribution < 1.29 is 14.3 Å². The maximum Gasteiger partial charge on any atom is 0.407 e. The Morgan fingerprint density at radius 1 is 1.14 bits per heavy atom. The standard InChI is InChI=1S/C15H22ClN3O3/c1-15(2,3)22-14(21)18-8-7-17-13(20)19-10-11-5-4-6-12(16)9-11/h4-6,9H,7-8,10H2,1-3H3,(H,18,21)(H2,17,19,20). The quantitative estimate of drug-likeness (QED) is 0.727. The number of carbonyl (C=O) groups excluding carboxylic acids is 2. The lowest BCUT2D eigenvalue weighted by molar-refractivity contribution is 0.0528. The normalized spacial score (nSPS) is 10.7. The van der Waals surface area contributed by atoms with Crippen molar-refractivity contribution in [3.05, 3.63) is 34.9 Å². The largest absolute Gasteiger partial charge is 0.444 e. The van der Waals surface area contributed by atoms with Crippen LogP contribution in [0.1, 0.15) is 26.3 Å². The van der Waals surface area contributed by atoms with E-state index in [1.54, 1.807) is 32.9 Å². The summed E-state index contributed by atoms with van der Waals surface area (Å²) in [5, 5.41) is 8.51. The number of nitrogens with one attached hydrogen (secondary N) is 3. The van der Waals surface area contributed by atoms with Gasteiger partial charge in [-0.3, -0.25) is 0 Å². The van der Waals surface area contributed by atoms with Gasteiger partial charge in [-0.15, -0.1) is 0 Å². The van der Waals surface area contributed by atoms with Gasteiger partial charge in [-0.1, -0.05) is 23.7 Å². The third-order valence-electron chi connectivity index (χ3n) is 2.42. The summed E-state index contributed by atoms with van der Waals surface area (Å²) in [6, 6.07) is 6.93. The summed E-state index contributed by atoms with van der Waals surface area (Å²) < 4.78 is 5.07. The molecule has 3 amide bonds. The van der Waals surface area contributed by atoms with E-state index in [9.17, 15) is 9.59 Å². The van der Waals surface area contributed by atoms with E-state index in [-0.39, 0.29) is 6.03 Å². The number of ether oxygens (including phenoxy) is 1. The van der Waals surface area contributed by atoms with Crippen molar-refractivity contribution in [1.82, 2.24) is 16.0 Å². The molecule has 0 aliphatic carbocycles. The molecule has 1 aromatic carbocycles. The Kier molecular flexibility index (Phi) is 6.98. The first-order chi connectivity index (χ1) is 10.3. The number of hydrogen-bond acceptors (Lipinski definition) is 3. The number of benzene rings is 1. The minimum atomic E-state index is -0.536. The number of halogens is 1. The second-order valence-corrected chi connectivity index (χ2v) is 6.10. The van der Waals surface area contributed by atoms with E-state index in [2.05, 4.69) is 16.0 Å². The Morgan fingerprint density at radius 3 is 2.45 bits per heavy atom. The lowest BCUT2D eigenvalue weighted by atomic mass is 10.2. The highest BCUT2D eigenvalue weighted by atomic mass is 35.5. The first-order valence-electron chi connectivity index (χ1n) is 6.99. The molecule has 0 aliphatic rings. The molecule has 7 heteroatoms. The summed E-state index contributed by atoms with van der Waals surface area (Å²) in [4.78, 5) is 22.9. The summed E-state index contributed by atoms with van der Waals surface area (Å²) in [7, 11) is 0. The van der Waals surface area contributed by atoms with Gasteiger partial charge in [0, 0.05) is 24.7 Å². The van der Waals surface area contributed by atoms with Gasteiger partial charge in [-0.25, -0.2) is 9.59 Å². The number of amides is 3. The molecular weight excluding hydrogens is 306 g/mol. The lowest BCUT2D eigenvalue weighted by Crippen LogP contribution is -2.41. The Balaban J connectivity index is 2.15. The number of carbonyl (C=O) groups is 2. The Morgan fingerprint density at radius 2 is 1.82 bits per heavy atom. The van der Waals surface area contributed by atoms with Gasteiger partial charge in [0.2, 0.25) is 0 Å². The van der Waals surface area contributed by atoms with Crippen LogP contribution in [0.5, 0.6) is 0 Å². The Hall–Kier alpha value is -1.95. The van der Waals surface area contributed by atoms with E-state index in [0.717, 1.165) is 5.56 Å². The molecule has 0 saturated heterocycles. The van der Waals surface area contributed by atoms with E-state index in [0.29, 0.717) is 24.7 Å². The fraction of sp³-hybridized carbons (Fsp3) is 0.467. The Labute approximate surface area is 135 Å². The maximum atomic E-state index is 11.6. The van der Waals surface area contributed by atoms with Gasteiger partial charge in [0.05, 0.1) is 0 Å². The van der Waals surface area contributed by atoms with Crippen LogP contribution in [-0.2, 0) is 11.3 Å². The molecule has 0 fully saturated rings. The van der Waals surface area contributed by atoms with Crippen LogP contribution in [0.15, 0.2) is 24.3 Å². The van der Waals surface area contributed by atoms with Gasteiger partial charge in [-0.05, 0) is 38.5 Å². The van der Waals surface area contributed by atoms with Gasteiger partial charge in [0.25, 0.3) is 0 Å². The molecule has 0 radical (unpaired) electrons. The highest BCUT2D eigenvalue weighted by Crippen LogP contribution is 2.10. The van der Waals surface area contributed by atoms with Crippen LogP contribution in [-0.4, -0.2) is 30.8 Å². The molecule has 1 aromatic rings. The van der Waals surface area contributed by atoms with E-state index >= 15 is 0 Å². The topological polar surface area (TPSA) is 79.5 Å². The van der Waals surface area contributed by atoms with E-state index in [1.165, 1.54) is 0 Å². The van der Waals surface area contributed by atoms with Gasteiger partial charge in [-0.2, -0.15) is 0 Å². The van der Waals surface area contributed by atoms with E-state index in [1.807, 2.05) is 12.1 Å². The number of urea groups is 1. The molecule has 0 heterocycles. The van der Waals surface area contributed by atoms with Crippen LogP contribution in [0.4, 0.5) is 9.59 Å². The third kappa shape index (κ3) is 8.36. The van der Waals surface area contributed by atoms with Crippen molar-refractivity contribution in [2.45, 2.75) is 32.9 Å². The summed E-state index contributed by atoms with van der Waals surface area (Å²) in [5.41, 5.74) is 0.376. The summed E-state index contributed by atoms with van der Waals surface area (Å²) in [6.45, 7) is 6.34. The lowest BCUT2D eigenvalue weighted by Gasteiger charge is -2.19. The molecule has 1 rings (SSSR count). The fourth-order valence-electron chi connectivity index (χ4n) is 1.55. The zero-order valence-corrected chi connectivity index (χ0v) is 13.8. The summed E-state index contributed by atoms with van der Waals surface area (Å²) >= 11 is 5.86. The third-order valence-corrected chi connectivity index (χ3v) is 2.66. The second kappa shape index (κ2) is 8.48. The number of rotatable bonds is 5. The SMILES string of the molecule is CC(C)(C)OC(=O)NCCNC(=O)NCc1cccc(Cl)c1. The van der Waals surface area contributed by atoms with E-state index in [4.69, 9.17) is 16.3 Å². The number of alkyl carbamates (subject to hydrolysis) is 1. The first kappa shape index (κ1) is 18.1. The molecule has 0 saturated carbocycles. The zero-order chi connectivity index (χ0) is 16.6. The van der Waals surface area contributed by atoms with Gasteiger partial charge >= 0.3 is 12.1 Å². The smallest absolute Gasteiger partial charge is 0.407 e. The summed E-state index contributed by atoms with van der Waals surface area (Å²) in [5.74, 6) is 0. The number of hydrogen-bond donors (Lipinski definition) is 3. The molecule has 3 N–H and O–H groups in total. The predicted octanol–water partition coefficient (Wildman–Crippen LogP) is 2.66. The molecule has 0 aromatic heterocycles. The van der Waals surface area contributed by atoms with Crippen LogP contribution in [0, 0.1) is 0 Å². The van der Waals surface area contributed by atoms with Crippen LogP contribution < -0.4 is 16.0 Å². The van der Waals surface area contributed by atoms with Crippen molar-refractivity contribution in [2.24, 2.45) is 0 Å².